The van der Waals surface area contributed by atoms with Gasteiger partial charge in [0.25, 0.3) is 0 Å². The van der Waals surface area contributed by atoms with Crippen LogP contribution >= 0.6 is 0 Å². The van der Waals surface area contributed by atoms with Gasteiger partial charge in [0.1, 0.15) is 12.2 Å². The highest BCUT2D eigenvalue weighted by atomic mass is 16.7. The fourth-order valence-corrected chi connectivity index (χ4v) is 3.41. The normalized spacial score (nSPS) is 24.7. The number of furan rings is 1. The minimum atomic E-state index is -0.670. The summed E-state index contributed by atoms with van der Waals surface area (Å²) in [6.07, 6.45) is -1.05. The molecule has 0 unspecified atom stereocenters. The van der Waals surface area contributed by atoms with Gasteiger partial charge in [-0.15, -0.1) is 0 Å². The number of benzene rings is 2. The quantitative estimate of drug-likeness (QED) is 0.685. The molecule has 28 heavy (non-hydrogen) atoms. The first-order chi connectivity index (χ1) is 13.6. The first-order valence-electron chi connectivity index (χ1n) is 9.40. The number of nitrogens with two attached hydrogens (primary N) is 1. The number of aliphatic hydroxyl groups is 1. The Morgan fingerprint density at radius 1 is 1.14 bits per heavy atom. The summed E-state index contributed by atoms with van der Waals surface area (Å²) in [4.78, 5) is 0. The highest BCUT2D eigenvalue weighted by Gasteiger charge is 2.33. The number of ether oxygens (including phenoxy) is 2. The number of aliphatic hydroxyl groups excluding tert-OH is 1. The fraction of sp³-hybridized carbons (Fsp3) is 0.304. The summed E-state index contributed by atoms with van der Waals surface area (Å²) >= 11 is 0. The van der Waals surface area contributed by atoms with Crippen molar-refractivity contribution in [2.45, 2.75) is 37.9 Å². The Bertz CT molecular complexity index is 990. The molecule has 3 aromatic rings. The Morgan fingerprint density at radius 2 is 1.89 bits per heavy atom. The van der Waals surface area contributed by atoms with E-state index in [2.05, 4.69) is 11.8 Å². The Morgan fingerprint density at radius 3 is 2.68 bits per heavy atom. The van der Waals surface area contributed by atoms with Crippen molar-refractivity contribution in [3.63, 3.8) is 0 Å². The third kappa shape index (κ3) is 3.82. The van der Waals surface area contributed by atoms with Crippen molar-refractivity contribution in [2.75, 3.05) is 6.61 Å². The molecule has 0 amide bonds. The van der Waals surface area contributed by atoms with E-state index in [9.17, 15) is 5.11 Å². The summed E-state index contributed by atoms with van der Waals surface area (Å²) < 4.78 is 17.4. The minimum absolute atomic E-state index is 0.202. The van der Waals surface area contributed by atoms with Crippen molar-refractivity contribution < 1.29 is 19.0 Å². The van der Waals surface area contributed by atoms with Crippen molar-refractivity contribution in [3.05, 3.63) is 60.2 Å². The summed E-state index contributed by atoms with van der Waals surface area (Å²) in [7, 11) is 0. The van der Waals surface area contributed by atoms with Crippen LogP contribution < -0.4 is 5.73 Å². The van der Waals surface area contributed by atoms with E-state index >= 15 is 0 Å². The molecule has 1 fully saturated rings. The molecule has 3 N–H and O–H groups in total. The topological polar surface area (TPSA) is 77.9 Å². The molecule has 0 radical (unpaired) electrons. The standard InChI is InChI=1S/C23H23NO4/c1-15-22(25)19(24)14-21(27-15)26-13-7-11-18-17-10-5-6-12-20(17)28-23(18)16-8-3-2-4-9-16/h2-6,8-10,12,15,19,21-22,25H,13-14,24H2,1H3/t15-,19-,21+,22+/m0/s1. The van der Waals surface area contributed by atoms with Crippen LogP contribution in [0.5, 0.6) is 0 Å². The van der Waals surface area contributed by atoms with Crippen LogP contribution in [0.1, 0.15) is 18.9 Å². The molecule has 2 heterocycles. The van der Waals surface area contributed by atoms with Crippen LogP contribution in [0.3, 0.4) is 0 Å². The van der Waals surface area contributed by atoms with Gasteiger partial charge in [-0.2, -0.15) is 0 Å². The molecule has 0 aliphatic carbocycles. The van der Waals surface area contributed by atoms with Gasteiger partial charge in [0.2, 0.25) is 0 Å². The summed E-state index contributed by atoms with van der Waals surface area (Å²) in [6, 6.07) is 17.4. The van der Waals surface area contributed by atoms with Gasteiger partial charge in [-0.3, -0.25) is 0 Å². The van der Waals surface area contributed by atoms with Gasteiger partial charge >= 0.3 is 0 Å². The predicted molar refractivity (Wildman–Crippen MR) is 107 cm³/mol. The Labute approximate surface area is 164 Å². The van der Waals surface area contributed by atoms with E-state index in [1.807, 2.05) is 54.6 Å². The van der Waals surface area contributed by atoms with Crippen molar-refractivity contribution in [1.29, 1.82) is 0 Å². The monoisotopic (exact) mass is 377 g/mol. The van der Waals surface area contributed by atoms with Gasteiger partial charge in [-0.25, -0.2) is 0 Å². The number of para-hydroxylation sites is 1. The van der Waals surface area contributed by atoms with E-state index in [1.54, 1.807) is 6.92 Å². The molecule has 1 aliphatic rings. The van der Waals surface area contributed by atoms with E-state index in [1.165, 1.54) is 0 Å². The van der Waals surface area contributed by atoms with Crippen molar-refractivity contribution in [1.82, 2.24) is 0 Å². The predicted octanol–water partition coefficient (Wildman–Crippen LogP) is 3.29. The van der Waals surface area contributed by atoms with Crippen LogP contribution in [0.25, 0.3) is 22.3 Å². The van der Waals surface area contributed by atoms with Crippen molar-refractivity contribution >= 4 is 11.0 Å². The first kappa shape index (κ1) is 18.7. The molecule has 0 bridgehead atoms. The second-order valence-electron chi connectivity index (χ2n) is 6.94. The highest BCUT2D eigenvalue weighted by molar-refractivity contribution is 5.91. The highest BCUT2D eigenvalue weighted by Crippen LogP contribution is 2.32. The van der Waals surface area contributed by atoms with E-state index in [0.29, 0.717) is 6.42 Å². The molecule has 1 saturated heterocycles. The molecule has 4 rings (SSSR count). The van der Waals surface area contributed by atoms with Gasteiger partial charge in [-0.05, 0) is 19.1 Å². The van der Waals surface area contributed by atoms with Crippen molar-refractivity contribution in [2.24, 2.45) is 5.73 Å². The molecule has 144 valence electrons. The third-order valence-corrected chi connectivity index (χ3v) is 4.94. The zero-order chi connectivity index (χ0) is 19.5. The van der Waals surface area contributed by atoms with Gasteiger partial charge in [0.05, 0.1) is 17.8 Å². The number of hydrogen-bond acceptors (Lipinski definition) is 5. The molecule has 4 atom stereocenters. The van der Waals surface area contributed by atoms with E-state index in [0.717, 1.165) is 27.9 Å². The molecule has 0 saturated carbocycles. The third-order valence-electron chi connectivity index (χ3n) is 4.94. The van der Waals surface area contributed by atoms with E-state index in [-0.39, 0.29) is 18.8 Å². The van der Waals surface area contributed by atoms with E-state index < -0.39 is 12.4 Å². The van der Waals surface area contributed by atoms with E-state index in [4.69, 9.17) is 19.6 Å². The van der Waals surface area contributed by atoms with Crippen LogP contribution in [0, 0.1) is 11.8 Å². The van der Waals surface area contributed by atoms with Crippen LogP contribution in [0.2, 0.25) is 0 Å². The lowest BCUT2D eigenvalue weighted by molar-refractivity contribution is -0.217. The minimum Gasteiger partial charge on any atom is -0.455 e. The molecule has 0 spiro atoms. The molecule has 5 heteroatoms. The molecule has 1 aliphatic heterocycles. The Balaban J connectivity index is 1.54. The van der Waals surface area contributed by atoms with Gasteiger partial charge < -0.3 is 24.7 Å². The van der Waals surface area contributed by atoms with Crippen LogP contribution in [0.15, 0.2) is 59.0 Å². The summed E-state index contributed by atoms with van der Waals surface area (Å²) in [5, 5.41) is 10.8. The summed E-state index contributed by atoms with van der Waals surface area (Å²) in [5.41, 5.74) is 8.55. The second-order valence-corrected chi connectivity index (χ2v) is 6.94. The SMILES string of the molecule is C[C@@H]1O[C@@H](OCC#Cc2c(-c3ccccc3)oc3ccccc23)C[C@H](N)[C@@H]1O. The number of hydrogen-bond donors (Lipinski definition) is 2. The van der Waals surface area contributed by atoms with Gasteiger partial charge in [0, 0.05) is 23.4 Å². The maximum atomic E-state index is 9.86. The average Bonchev–Trinajstić information content (AvgIpc) is 3.08. The molecule has 2 aromatic carbocycles. The summed E-state index contributed by atoms with van der Waals surface area (Å²) in [5.74, 6) is 7.02. The average molecular weight is 377 g/mol. The van der Waals surface area contributed by atoms with Gasteiger partial charge in [-0.1, -0.05) is 54.3 Å². The first-order valence-corrected chi connectivity index (χ1v) is 9.40. The Hall–Kier alpha value is -2.62. The van der Waals surface area contributed by atoms with Crippen LogP contribution in [0.4, 0.5) is 0 Å². The van der Waals surface area contributed by atoms with Crippen molar-refractivity contribution in [3.8, 4) is 23.2 Å². The molecular weight excluding hydrogens is 354 g/mol. The van der Waals surface area contributed by atoms with Crippen LogP contribution in [-0.2, 0) is 9.47 Å². The lowest BCUT2D eigenvalue weighted by Crippen LogP contribution is -2.51. The molecular formula is C23H23NO4. The largest absolute Gasteiger partial charge is 0.455 e. The second kappa shape index (κ2) is 8.17. The van der Waals surface area contributed by atoms with Crippen LogP contribution in [-0.4, -0.2) is 36.3 Å². The smallest absolute Gasteiger partial charge is 0.160 e. The zero-order valence-electron chi connectivity index (χ0n) is 15.7. The molecule has 5 nitrogen and oxygen atoms in total. The molecule has 1 aromatic heterocycles. The lowest BCUT2D eigenvalue weighted by Gasteiger charge is -2.35. The maximum absolute atomic E-state index is 9.86. The zero-order valence-corrected chi connectivity index (χ0v) is 15.7. The Kier molecular flexibility index (Phi) is 5.47. The fourth-order valence-electron chi connectivity index (χ4n) is 3.41. The lowest BCUT2D eigenvalue weighted by atomic mass is 10.0. The van der Waals surface area contributed by atoms with Gasteiger partial charge in [0.15, 0.2) is 12.1 Å². The number of rotatable bonds is 3. The summed E-state index contributed by atoms with van der Waals surface area (Å²) in [6.45, 7) is 1.99. The maximum Gasteiger partial charge on any atom is 0.160 e. The number of fused-ring (bicyclic) bond motifs is 1.